The smallest absolute Gasteiger partial charge is 0.138 e. The van der Waals surface area contributed by atoms with Crippen LogP contribution in [0.2, 0.25) is 0 Å². The van der Waals surface area contributed by atoms with Gasteiger partial charge >= 0.3 is 0 Å². The van der Waals surface area contributed by atoms with Gasteiger partial charge in [0.15, 0.2) is 0 Å². The maximum absolute atomic E-state index is 4.11. The first-order chi connectivity index (χ1) is 9.74. The molecule has 0 bridgehead atoms. The Bertz CT molecular complexity index is 676. The maximum atomic E-state index is 4.11. The minimum absolute atomic E-state index is 0.265. The second-order valence-electron chi connectivity index (χ2n) is 4.39. The van der Waals surface area contributed by atoms with Crippen LogP contribution < -0.4 is 5.32 Å². The molecular formula is C14H13BrN4S. The molecule has 0 saturated carbocycles. The summed E-state index contributed by atoms with van der Waals surface area (Å²) in [4.78, 5) is 5.24. The highest BCUT2D eigenvalue weighted by Gasteiger charge is 2.10. The summed E-state index contributed by atoms with van der Waals surface area (Å²) in [5.74, 6) is 0. The number of thiophene rings is 1. The first-order valence-corrected chi connectivity index (χ1v) is 7.86. The quantitative estimate of drug-likeness (QED) is 0.765. The summed E-state index contributed by atoms with van der Waals surface area (Å²) >= 11 is 5.32. The molecule has 0 fully saturated rings. The van der Waals surface area contributed by atoms with E-state index in [1.807, 2.05) is 12.1 Å². The van der Waals surface area contributed by atoms with Crippen molar-refractivity contribution in [3.05, 3.63) is 57.7 Å². The van der Waals surface area contributed by atoms with Crippen LogP contribution in [0.3, 0.4) is 0 Å². The fourth-order valence-corrected chi connectivity index (χ4v) is 3.71. The van der Waals surface area contributed by atoms with E-state index in [-0.39, 0.29) is 6.04 Å². The standard InChI is InChI=1S/C14H13BrN4S/c1-10(14-13(15)6-7-20-14)18-11-2-4-12(5-3-11)19-9-16-8-17-19/h2-10,18H,1H3. The molecule has 1 atom stereocenters. The van der Waals surface area contributed by atoms with Gasteiger partial charge in [-0.25, -0.2) is 9.67 Å². The van der Waals surface area contributed by atoms with Crippen molar-refractivity contribution in [1.29, 1.82) is 0 Å². The van der Waals surface area contributed by atoms with Gasteiger partial charge in [-0.15, -0.1) is 11.3 Å². The van der Waals surface area contributed by atoms with E-state index in [4.69, 9.17) is 0 Å². The van der Waals surface area contributed by atoms with Crippen molar-refractivity contribution in [1.82, 2.24) is 14.8 Å². The first-order valence-electron chi connectivity index (χ1n) is 6.18. The van der Waals surface area contributed by atoms with Crippen LogP contribution >= 0.6 is 27.3 Å². The molecule has 3 rings (SSSR count). The zero-order valence-electron chi connectivity index (χ0n) is 10.8. The molecule has 0 amide bonds. The van der Waals surface area contributed by atoms with E-state index in [1.54, 1.807) is 22.3 Å². The van der Waals surface area contributed by atoms with Crippen molar-refractivity contribution in [3.8, 4) is 5.69 Å². The van der Waals surface area contributed by atoms with Gasteiger partial charge in [-0.1, -0.05) is 0 Å². The summed E-state index contributed by atoms with van der Waals surface area (Å²) in [5.41, 5.74) is 2.08. The van der Waals surface area contributed by atoms with Gasteiger partial charge in [-0.3, -0.25) is 0 Å². The largest absolute Gasteiger partial charge is 0.378 e. The fourth-order valence-electron chi connectivity index (χ4n) is 1.98. The third-order valence-electron chi connectivity index (χ3n) is 2.97. The topological polar surface area (TPSA) is 42.7 Å². The van der Waals surface area contributed by atoms with Crippen molar-refractivity contribution >= 4 is 33.0 Å². The number of anilines is 1. The lowest BCUT2D eigenvalue weighted by molar-refractivity contribution is 0.876. The molecule has 0 aliphatic carbocycles. The Balaban J connectivity index is 1.74. The minimum atomic E-state index is 0.265. The average Bonchev–Trinajstić information content (AvgIpc) is 3.10. The van der Waals surface area contributed by atoms with E-state index in [0.717, 1.165) is 15.8 Å². The first kappa shape index (κ1) is 13.3. The van der Waals surface area contributed by atoms with E-state index in [1.165, 1.54) is 11.2 Å². The van der Waals surface area contributed by atoms with Crippen molar-refractivity contribution in [2.24, 2.45) is 0 Å². The van der Waals surface area contributed by atoms with Crippen molar-refractivity contribution in [3.63, 3.8) is 0 Å². The highest BCUT2D eigenvalue weighted by molar-refractivity contribution is 9.10. The van der Waals surface area contributed by atoms with Crippen LogP contribution in [0, 0.1) is 0 Å². The molecule has 0 saturated heterocycles. The van der Waals surface area contributed by atoms with E-state index in [0.29, 0.717) is 0 Å². The van der Waals surface area contributed by atoms with Crippen LogP contribution in [0.15, 0.2) is 52.8 Å². The van der Waals surface area contributed by atoms with E-state index in [9.17, 15) is 0 Å². The predicted octanol–water partition coefficient (Wildman–Crippen LogP) is 4.26. The number of hydrogen-bond donors (Lipinski definition) is 1. The normalized spacial score (nSPS) is 12.3. The van der Waals surface area contributed by atoms with Gasteiger partial charge in [0, 0.05) is 15.0 Å². The number of rotatable bonds is 4. The minimum Gasteiger partial charge on any atom is -0.378 e. The lowest BCUT2D eigenvalue weighted by atomic mass is 10.2. The Morgan fingerprint density at radius 3 is 2.65 bits per heavy atom. The maximum Gasteiger partial charge on any atom is 0.138 e. The molecule has 2 heterocycles. The average molecular weight is 349 g/mol. The molecule has 20 heavy (non-hydrogen) atoms. The number of nitrogens with zero attached hydrogens (tertiary/aromatic N) is 3. The fraction of sp³-hybridized carbons (Fsp3) is 0.143. The number of nitrogens with one attached hydrogen (secondary N) is 1. The van der Waals surface area contributed by atoms with Crippen LogP contribution in [-0.2, 0) is 0 Å². The highest BCUT2D eigenvalue weighted by Crippen LogP contribution is 2.31. The van der Waals surface area contributed by atoms with Crippen molar-refractivity contribution in [2.75, 3.05) is 5.32 Å². The summed E-state index contributed by atoms with van der Waals surface area (Å²) in [7, 11) is 0. The molecule has 0 aliphatic heterocycles. The van der Waals surface area contributed by atoms with E-state index < -0.39 is 0 Å². The van der Waals surface area contributed by atoms with Gasteiger partial charge in [0.2, 0.25) is 0 Å². The molecule has 1 aromatic carbocycles. The van der Waals surface area contributed by atoms with Crippen LogP contribution in [0.1, 0.15) is 17.8 Å². The molecule has 4 nitrogen and oxygen atoms in total. The molecule has 1 N–H and O–H groups in total. The highest BCUT2D eigenvalue weighted by atomic mass is 79.9. The Labute approximate surface area is 129 Å². The molecular weight excluding hydrogens is 336 g/mol. The van der Waals surface area contributed by atoms with Gasteiger partial charge in [0.25, 0.3) is 0 Å². The van der Waals surface area contributed by atoms with E-state index in [2.05, 4.69) is 61.8 Å². The van der Waals surface area contributed by atoms with Crippen LogP contribution in [0.5, 0.6) is 0 Å². The van der Waals surface area contributed by atoms with Gasteiger partial charge in [-0.05, 0) is 58.6 Å². The lowest BCUT2D eigenvalue weighted by Crippen LogP contribution is -2.05. The van der Waals surface area contributed by atoms with Crippen LogP contribution in [0.4, 0.5) is 5.69 Å². The number of aromatic nitrogens is 3. The zero-order chi connectivity index (χ0) is 13.9. The second kappa shape index (κ2) is 5.76. The summed E-state index contributed by atoms with van der Waals surface area (Å²) in [6.07, 6.45) is 3.22. The zero-order valence-corrected chi connectivity index (χ0v) is 13.2. The number of hydrogen-bond acceptors (Lipinski definition) is 4. The number of benzene rings is 1. The van der Waals surface area contributed by atoms with Crippen LogP contribution in [0.25, 0.3) is 5.69 Å². The molecule has 0 radical (unpaired) electrons. The molecule has 6 heteroatoms. The summed E-state index contributed by atoms with van der Waals surface area (Å²) in [6, 6.07) is 10.5. The lowest BCUT2D eigenvalue weighted by Gasteiger charge is -2.15. The molecule has 0 aliphatic rings. The van der Waals surface area contributed by atoms with Crippen molar-refractivity contribution < 1.29 is 0 Å². The molecule has 0 spiro atoms. The predicted molar refractivity (Wildman–Crippen MR) is 85.4 cm³/mol. The van der Waals surface area contributed by atoms with E-state index >= 15 is 0 Å². The Morgan fingerprint density at radius 2 is 2.05 bits per heavy atom. The van der Waals surface area contributed by atoms with Gasteiger partial charge in [0.1, 0.15) is 12.7 Å². The molecule has 1 unspecified atom stereocenters. The third-order valence-corrected chi connectivity index (χ3v) is 5.03. The van der Waals surface area contributed by atoms with Crippen molar-refractivity contribution in [2.45, 2.75) is 13.0 Å². The SMILES string of the molecule is CC(Nc1ccc(-n2cncn2)cc1)c1sccc1Br. The van der Waals surface area contributed by atoms with Gasteiger partial charge < -0.3 is 5.32 Å². The van der Waals surface area contributed by atoms with Crippen LogP contribution in [-0.4, -0.2) is 14.8 Å². The monoisotopic (exact) mass is 348 g/mol. The molecule has 2 aromatic heterocycles. The summed E-state index contributed by atoms with van der Waals surface area (Å²) < 4.78 is 2.89. The Morgan fingerprint density at radius 1 is 1.25 bits per heavy atom. The molecule has 3 aromatic rings. The summed E-state index contributed by atoms with van der Waals surface area (Å²) in [5, 5.41) is 9.69. The number of halogens is 1. The molecule has 102 valence electrons. The Kier molecular flexibility index (Phi) is 3.84. The van der Waals surface area contributed by atoms with Gasteiger partial charge in [0.05, 0.1) is 11.7 Å². The Hall–Kier alpha value is -1.66. The second-order valence-corrected chi connectivity index (χ2v) is 6.19. The van der Waals surface area contributed by atoms with Gasteiger partial charge in [-0.2, -0.15) is 5.10 Å². The third kappa shape index (κ3) is 2.76. The summed E-state index contributed by atoms with van der Waals surface area (Å²) in [6.45, 7) is 2.15.